The third-order valence-corrected chi connectivity index (χ3v) is 7.87. The van der Waals surface area contributed by atoms with Crippen molar-refractivity contribution >= 4 is 55.0 Å². The minimum Gasteiger partial charge on any atom is -0.482 e. The van der Waals surface area contributed by atoms with Crippen molar-refractivity contribution in [1.29, 1.82) is 0 Å². The van der Waals surface area contributed by atoms with Crippen molar-refractivity contribution in [3.63, 3.8) is 0 Å². The fraction of sp³-hybridized carbons (Fsp3) is 0.321. The molecule has 0 saturated heterocycles. The van der Waals surface area contributed by atoms with Crippen LogP contribution in [0, 0.1) is 6.92 Å². The van der Waals surface area contributed by atoms with Crippen molar-refractivity contribution in [1.82, 2.24) is 5.32 Å². The average Bonchev–Trinajstić information content (AvgIpc) is 2.83. The highest BCUT2D eigenvalue weighted by molar-refractivity contribution is 9.11. The maximum atomic E-state index is 13.2. The average molecular weight is 614 g/mol. The number of rotatable bonds is 5. The van der Waals surface area contributed by atoms with Crippen molar-refractivity contribution in [2.24, 2.45) is 0 Å². The summed E-state index contributed by atoms with van der Waals surface area (Å²) < 4.78 is 7.53. The molecule has 36 heavy (non-hydrogen) atoms. The first-order valence-corrected chi connectivity index (χ1v) is 13.7. The Morgan fingerprint density at radius 1 is 0.972 bits per heavy atom. The quantitative estimate of drug-likeness (QED) is 0.417. The standard InChI is InChI=1S/C28H26Br2N2O4/c1-15-8-10-17(11-9-15)31-24(35)14-36-28-18(12-16(29)13-19(28)30)25-26-20(4-2-6-22(26)33)32-21-5-3-7-23(34)27(21)25/h8-13,25,32H,2-7,14H2,1H3,(H,31,35). The number of dihydropyridines is 1. The summed E-state index contributed by atoms with van der Waals surface area (Å²) in [5, 5.41) is 6.29. The molecule has 2 aromatic rings. The first-order valence-electron chi connectivity index (χ1n) is 12.1. The van der Waals surface area contributed by atoms with E-state index in [1.165, 1.54) is 0 Å². The molecule has 1 heterocycles. The number of anilines is 1. The summed E-state index contributed by atoms with van der Waals surface area (Å²) in [5.41, 5.74) is 5.60. The number of ether oxygens (including phenoxy) is 1. The molecular weight excluding hydrogens is 588 g/mol. The van der Waals surface area contributed by atoms with Crippen LogP contribution in [-0.4, -0.2) is 24.1 Å². The summed E-state index contributed by atoms with van der Waals surface area (Å²) in [4.78, 5) is 39.1. The van der Waals surface area contributed by atoms with E-state index in [4.69, 9.17) is 4.74 Å². The van der Waals surface area contributed by atoms with Crippen molar-refractivity contribution < 1.29 is 19.1 Å². The second-order valence-corrected chi connectivity index (χ2v) is 11.2. The molecule has 1 amide bonds. The molecule has 0 atom stereocenters. The number of carbonyl (C=O) groups excluding carboxylic acids is 3. The summed E-state index contributed by atoms with van der Waals surface area (Å²) in [6.45, 7) is 1.77. The lowest BCUT2D eigenvalue weighted by Crippen LogP contribution is -2.36. The Kier molecular flexibility index (Phi) is 7.17. The van der Waals surface area contributed by atoms with Crippen LogP contribution in [-0.2, 0) is 14.4 Å². The summed E-state index contributed by atoms with van der Waals surface area (Å²) >= 11 is 7.16. The molecule has 0 bridgehead atoms. The van der Waals surface area contributed by atoms with Gasteiger partial charge in [-0.05, 0) is 72.8 Å². The first kappa shape index (κ1) is 25.0. The zero-order valence-corrected chi connectivity index (χ0v) is 23.1. The lowest BCUT2D eigenvalue weighted by molar-refractivity contribution is -0.119. The van der Waals surface area contributed by atoms with Gasteiger partial charge in [-0.2, -0.15) is 0 Å². The molecular formula is C28H26Br2N2O4. The molecule has 0 spiro atoms. The van der Waals surface area contributed by atoms with E-state index >= 15 is 0 Å². The number of benzene rings is 2. The van der Waals surface area contributed by atoms with Gasteiger partial charge in [-0.3, -0.25) is 14.4 Å². The summed E-state index contributed by atoms with van der Waals surface area (Å²) in [7, 11) is 0. The van der Waals surface area contributed by atoms with E-state index in [1.54, 1.807) is 0 Å². The maximum Gasteiger partial charge on any atom is 0.262 e. The van der Waals surface area contributed by atoms with E-state index in [0.717, 1.165) is 47.1 Å². The van der Waals surface area contributed by atoms with Crippen LogP contribution in [0.1, 0.15) is 55.6 Å². The van der Waals surface area contributed by atoms with Crippen molar-refractivity contribution in [3.8, 4) is 5.75 Å². The fourth-order valence-corrected chi connectivity index (χ4v) is 6.59. The van der Waals surface area contributed by atoms with Gasteiger partial charge in [0.2, 0.25) is 0 Å². The van der Waals surface area contributed by atoms with Crippen LogP contribution < -0.4 is 15.4 Å². The lowest BCUT2D eigenvalue weighted by Gasteiger charge is -2.37. The Morgan fingerprint density at radius 2 is 1.58 bits per heavy atom. The van der Waals surface area contributed by atoms with Gasteiger partial charge >= 0.3 is 0 Å². The molecule has 6 nitrogen and oxygen atoms in total. The van der Waals surface area contributed by atoms with Gasteiger partial charge in [0, 0.05) is 57.0 Å². The zero-order valence-electron chi connectivity index (χ0n) is 19.9. The van der Waals surface area contributed by atoms with Gasteiger partial charge in [-0.25, -0.2) is 0 Å². The molecule has 2 aliphatic carbocycles. The van der Waals surface area contributed by atoms with Crippen LogP contribution in [0.3, 0.4) is 0 Å². The Morgan fingerprint density at radius 3 is 2.19 bits per heavy atom. The molecule has 5 rings (SSSR count). The number of halogens is 2. The number of amides is 1. The van der Waals surface area contributed by atoms with Crippen LogP contribution in [0.2, 0.25) is 0 Å². The number of allylic oxidation sites excluding steroid dienone is 4. The van der Waals surface area contributed by atoms with Gasteiger partial charge in [0.25, 0.3) is 5.91 Å². The largest absolute Gasteiger partial charge is 0.482 e. The smallest absolute Gasteiger partial charge is 0.262 e. The van der Waals surface area contributed by atoms with E-state index in [1.807, 2.05) is 43.3 Å². The van der Waals surface area contributed by atoms with Crippen LogP contribution >= 0.6 is 31.9 Å². The van der Waals surface area contributed by atoms with Gasteiger partial charge < -0.3 is 15.4 Å². The summed E-state index contributed by atoms with van der Waals surface area (Å²) in [6, 6.07) is 11.3. The highest BCUT2D eigenvalue weighted by Gasteiger charge is 2.41. The zero-order chi connectivity index (χ0) is 25.4. The van der Waals surface area contributed by atoms with Gasteiger partial charge in [0.05, 0.1) is 4.47 Å². The van der Waals surface area contributed by atoms with Gasteiger partial charge in [-0.15, -0.1) is 0 Å². The highest BCUT2D eigenvalue weighted by atomic mass is 79.9. The monoisotopic (exact) mass is 612 g/mol. The molecule has 3 aliphatic rings. The predicted molar refractivity (Wildman–Crippen MR) is 145 cm³/mol. The topological polar surface area (TPSA) is 84.5 Å². The first-order chi connectivity index (χ1) is 17.3. The molecule has 8 heteroatoms. The minimum absolute atomic E-state index is 0.0536. The number of Topliss-reactive ketones (excluding diaryl/α,β-unsaturated/α-hetero) is 2. The van der Waals surface area contributed by atoms with Crippen LogP contribution in [0.4, 0.5) is 5.69 Å². The number of ketones is 2. The van der Waals surface area contributed by atoms with E-state index < -0.39 is 5.92 Å². The molecule has 2 N–H and O–H groups in total. The molecule has 0 fully saturated rings. The molecule has 0 aromatic heterocycles. The Balaban J connectivity index is 1.52. The van der Waals surface area contributed by atoms with Crippen LogP contribution in [0.15, 0.2) is 67.9 Å². The molecule has 2 aromatic carbocycles. The number of nitrogens with one attached hydrogen (secondary N) is 2. The molecule has 0 unspecified atom stereocenters. The molecule has 0 radical (unpaired) electrons. The van der Waals surface area contributed by atoms with Crippen molar-refractivity contribution in [2.75, 3.05) is 11.9 Å². The van der Waals surface area contributed by atoms with E-state index in [-0.39, 0.29) is 24.1 Å². The Labute approximate surface area is 226 Å². The van der Waals surface area contributed by atoms with Gasteiger partial charge in [0.1, 0.15) is 5.75 Å². The second kappa shape index (κ2) is 10.3. The van der Waals surface area contributed by atoms with E-state index in [0.29, 0.717) is 45.5 Å². The normalized spacial score (nSPS) is 18.0. The van der Waals surface area contributed by atoms with Crippen LogP contribution in [0.5, 0.6) is 5.75 Å². The summed E-state index contributed by atoms with van der Waals surface area (Å²) in [5.74, 6) is -0.261. The van der Waals surface area contributed by atoms with E-state index in [2.05, 4.69) is 42.5 Å². The summed E-state index contributed by atoms with van der Waals surface area (Å²) in [6.07, 6.45) is 4.04. The lowest BCUT2D eigenvalue weighted by atomic mass is 9.71. The number of carbonyl (C=O) groups is 3. The Bertz CT molecular complexity index is 1290. The highest BCUT2D eigenvalue weighted by Crippen LogP contribution is 2.49. The predicted octanol–water partition coefficient (Wildman–Crippen LogP) is 6.24. The van der Waals surface area contributed by atoms with E-state index in [9.17, 15) is 14.4 Å². The molecule has 0 saturated carbocycles. The molecule has 1 aliphatic heterocycles. The van der Waals surface area contributed by atoms with Crippen LogP contribution in [0.25, 0.3) is 0 Å². The Hall–Kier alpha value is -2.71. The second-order valence-electron chi connectivity index (χ2n) is 9.40. The van der Waals surface area contributed by atoms with Gasteiger partial charge in [0.15, 0.2) is 18.2 Å². The third kappa shape index (κ3) is 4.93. The third-order valence-electron chi connectivity index (χ3n) is 6.82. The molecule has 186 valence electrons. The van der Waals surface area contributed by atoms with Crippen molar-refractivity contribution in [3.05, 3.63) is 79.0 Å². The fourth-order valence-electron chi connectivity index (χ4n) is 5.21. The van der Waals surface area contributed by atoms with Gasteiger partial charge in [-0.1, -0.05) is 33.6 Å². The number of aryl methyl sites for hydroxylation is 1. The van der Waals surface area contributed by atoms with Crippen molar-refractivity contribution in [2.45, 2.75) is 51.4 Å². The number of hydrogen-bond donors (Lipinski definition) is 2. The number of hydrogen-bond acceptors (Lipinski definition) is 5. The maximum absolute atomic E-state index is 13.2. The SMILES string of the molecule is Cc1ccc(NC(=O)COc2c(Br)cc(Br)cc2C2C3=C(CCCC3=O)NC3=C2C(=O)CCC3)cc1. The minimum atomic E-state index is -0.527.